The molecule has 0 aliphatic carbocycles. The van der Waals surface area contributed by atoms with Crippen LogP contribution < -0.4 is 10.1 Å². The Morgan fingerprint density at radius 2 is 1.90 bits per heavy atom. The minimum absolute atomic E-state index is 0.0565. The van der Waals surface area contributed by atoms with Gasteiger partial charge in [0.15, 0.2) is 0 Å². The van der Waals surface area contributed by atoms with Gasteiger partial charge in [-0.05, 0) is 43.3 Å². The largest absolute Gasteiger partial charge is 0.457 e. The molecule has 0 aromatic heterocycles. The molecule has 0 fully saturated rings. The molecule has 0 heterocycles. The van der Waals surface area contributed by atoms with Crippen molar-refractivity contribution >= 4 is 17.3 Å². The summed E-state index contributed by atoms with van der Waals surface area (Å²) in [5.41, 5.74) is 2.16. The molecule has 1 N–H and O–H groups in total. The lowest BCUT2D eigenvalue weighted by atomic mass is 10.1. The van der Waals surface area contributed by atoms with Gasteiger partial charge in [-0.1, -0.05) is 17.7 Å². The van der Waals surface area contributed by atoms with Crippen molar-refractivity contribution in [1.82, 2.24) is 5.32 Å². The molecule has 2 aromatic rings. The molecule has 0 aliphatic rings. The van der Waals surface area contributed by atoms with Crippen LogP contribution in [0.15, 0.2) is 36.4 Å². The van der Waals surface area contributed by atoms with E-state index in [-0.39, 0.29) is 10.7 Å². The van der Waals surface area contributed by atoms with Crippen molar-refractivity contribution in [2.75, 3.05) is 7.05 Å². The monoisotopic (exact) mass is 306 g/mol. The molecule has 0 bridgehead atoms. The molecule has 0 unspecified atom stereocenters. The van der Waals surface area contributed by atoms with Gasteiger partial charge in [-0.3, -0.25) is 10.1 Å². The van der Waals surface area contributed by atoms with Crippen molar-refractivity contribution in [3.63, 3.8) is 0 Å². The van der Waals surface area contributed by atoms with Crippen molar-refractivity contribution in [3.8, 4) is 11.5 Å². The summed E-state index contributed by atoms with van der Waals surface area (Å²) in [6.07, 6.45) is 0. The van der Waals surface area contributed by atoms with Gasteiger partial charge in [0.05, 0.1) is 4.92 Å². The molecule has 0 spiro atoms. The number of nitrogens with one attached hydrogen (secondary N) is 1. The van der Waals surface area contributed by atoms with E-state index in [1.54, 1.807) is 0 Å². The van der Waals surface area contributed by atoms with E-state index in [0.717, 1.165) is 12.1 Å². The second-order valence-corrected chi connectivity index (χ2v) is 5.00. The Bertz CT molecular complexity index is 674. The lowest BCUT2D eigenvalue weighted by Crippen LogP contribution is -2.06. The van der Waals surface area contributed by atoms with Gasteiger partial charge in [-0.15, -0.1) is 0 Å². The summed E-state index contributed by atoms with van der Waals surface area (Å²) >= 11 is 5.86. The van der Waals surface area contributed by atoms with E-state index in [2.05, 4.69) is 5.32 Å². The predicted molar refractivity (Wildman–Crippen MR) is 82.1 cm³/mol. The summed E-state index contributed by atoms with van der Waals surface area (Å²) in [5.74, 6) is 1.13. The smallest absolute Gasteiger partial charge is 0.288 e. The molecule has 0 saturated heterocycles. The normalized spacial score (nSPS) is 10.4. The summed E-state index contributed by atoms with van der Waals surface area (Å²) in [4.78, 5) is 10.2. The fourth-order valence-electron chi connectivity index (χ4n) is 1.96. The van der Waals surface area contributed by atoms with Crippen molar-refractivity contribution in [2.45, 2.75) is 13.5 Å². The minimum Gasteiger partial charge on any atom is -0.457 e. The van der Waals surface area contributed by atoms with Gasteiger partial charge in [0, 0.05) is 18.7 Å². The zero-order chi connectivity index (χ0) is 15.4. The molecule has 21 heavy (non-hydrogen) atoms. The Morgan fingerprint density at radius 3 is 2.48 bits per heavy atom. The third-order valence-corrected chi connectivity index (χ3v) is 3.34. The number of ether oxygens (including phenoxy) is 1. The highest BCUT2D eigenvalue weighted by Crippen LogP contribution is 2.31. The molecule has 0 amide bonds. The Kier molecular flexibility index (Phi) is 4.77. The number of hydrogen-bond donors (Lipinski definition) is 1. The molecular weight excluding hydrogens is 292 g/mol. The van der Waals surface area contributed by atoms with E-state index in [1.807, 2.05) is 32.2 Å². The van der Waals surface area contributed by atoms with Crippen LogP contribution in [0.3, 0.4) is 0 Å². The average Bonchev–Trinajstić information content (AvgIpc) is 2.41. The van der Waals surface area contributed by atoms with Gasteiger partial charge in [0.2, 0.25) is 0 Å². The highest BCUT2D eigenvalue weighted by Gasteiger charge is 2.13. The zero-order valence-electron chi connectivity index (χ0n) is 11.7. The van der Waals surface area contributed by atoms with E-state index in [9.17, 15) is 10.1 Å². The number of nitrogens with zero attached hydrogens (tertiary/aromatic N) is 1. The van der Waals surface area contributed by atoms with Crippen molar-refractivity contribution in [2.24, 2.45) is 0 Å². The second-order valence-electron chi connectivity index (χ2n) is 4.59. The van der Waals surface area contributed by atoms with Crippen LogP contribution >= 0.6 is 11.6 Å². The SMILES string of the molecule is CNCc1ccc(Oc2ccc([N+](=O)[O-])c(Cl)c2)cc1C. The van der Waals surface area contributed by atoms with Crippen LogP contribution in [0, 0.1) is 17.0 Å². The van der Waals surface area contributed by atoms with Crippen molar-refractivity contribution in [3.05, 3.63) is 62.7 Å². The van der Waals surface area contributed by atoms with E-state index in [0.29, 0.717) is 11.5 Å². The number of hydrogen-bond acceptors (Lipinski definition) is 4. The van der Waals surface area contributed by atoms with E-state index in [4.69, 9.17) is 16.3 Å². The molecule has 2 aromatic carbocycles. The Labute approximate surface area is 127 Å². The van der Waals surface area contributed by atoms with Gasteiger partial charge in [0.25, 0.3) is 5.69 Å². The molecule has 2 rings (SSSR count). The van der Waals surface area contributed by atoms with Gasteiger partial charge in [-0.25, -0.2) is 0 Å². The molecule has 110 valence electrons. The summed E-state index contributed by atoms with van der Waals surface area (Å²) in [6.45, 7) is 2.79. The Hall–Kier alpha value is -2.11. The molecule has 0 atom stereocenters. The van der Waals surface area contributed by atoms with Crippen LogP contribution in [0.5, 0.6) is 11.5 Å². The predicted octanol–water partition coefficient (Wildman–Crippen LogP) is 4.07. The third kappa shape index (κ3) is 3.71. The Balaban J connectivity index is 2.20. The summed E-state index contributed by atoms with van der Waals surface area (Å²) in [5, 5.41) is 13.9. The number of rotatable bonds is 5. The third-order valence-electron chi connectivity index (χ3n) is 3.03. The topological polar surface area (TPSA) is 64.4 Å². The fraction of sp³-hybridized carbons (Fsp3) is 0.200. The maximum absolute atomic E-state index is 10.7. The minimum atomic E-state index is -0.525. The van der Waals surface area contributed by atoms with Crippen LogP contribution in [0.25, 0.3) is 0 Å². The van der Waals surface area contributed by atoms with Crippen molar-refractivity contribution < 1.29 is 9.66 Å². The molecule has 0 saturated carbocycles. The average molecular weight is 307 g/mol. The molecular formula is C15H15ClN2O3. The summed E-state index contributed by atoms with van der Waals surface area (Å²) in [6, 6.07) is 10.1. The molecule has 0 radical (unpaired) electrons. The first-order valence-corrected chi connectivity index (χ1v) is 6.75. The lowest BCUT2D eigenvalue weighted by molar-refractivity contribution is -0.384. The number of halogens is 1. The van der Waals surface area contributed by atoms with Crippen LogP contribution in [0.4, 0.5) is 5.69 Å². The quantitative estimate of drug-likeness (QED) is 0.668. The van der Waals surface area contributed by atoms with Crippen molar-refractivity contribution in [1.29, 1.82) is 0 Å². The first kappa shape index (κ1) is 15.3. The first-order valence-electron chi connectivity index (χ1n) is 6.37. The lowest BCUT2D eigenvalue weighted by Gasteiger charge is -2.10. The second kappa shape index (κ2) is 6.56. The fourth-order valence-corrected chi connectivity index (χ4v) is 2.20. The summed E-state index contributed by atoms with van der Waals surface area (Å²) in [7, 11) is 1.89. The number of benzene rings is 2. The van der Waals surface area contributed by atoms with Gasteiger partial charge >= 0.3 is 0 Å². The van der Waals surface area contributed by atoms with Gasteiger partial charge in [0.1, 0.15) is 16.5 Å². The number of nitro benzene ring substituents is 1. The van der Waals surface area contributed by atoms with E-state index in [1.165, 1.54) is 23.8 Å². The van der Waals surface area contributed by atoms with E-state index >= 15 is 0 Å². The maximum atomic E-state index is 10.7. The van der Waals surface area contributed by atoms with Crippen LogP contribution in [0.2, 0.25) is 5.02 Å². The zero-order valence-corrected chi connectivity index (χ0v) is 12.5. The molecule has 6 heteroatoms. The first-order chi connectivity index (χ1) is 10.0. The van der Waals surface area contributed by atoms with Gasteiger partial charge < -0.3 is 10.1 Å². The maximum Gasteiger partial charge on any atom is 0.288 e. The van der Waals surface area contributed by atoms with Gasteiger partial charge in [-0.2, -0.15) is 0 Å². The molecule has 0 aliphatic heterocycles. The highest BCUT2D eigenvalue weighted by atomic mass is 35.5. The summed E-state index contributed by atoms with van der Waals surface area (Å²) < 4.78 is 5.68. The number of nitro groups is 1. The van der Waals surface area contributed by atoms with Crippen LogP contribution in [-0.4, -0.2) is 12.0 Å². The van der Waals surface area contributed by atoms with Crippen LogP contribution in [0.1, 0.15) is 11.1 Å². The number of aryl methyl sites for hydroxylation is 1. The molecule has 5 nitrogen and oxygen atoms in total. The van der Waals surface area contributed by atoms with Crippen LogP contribution in [-0.2, 0) is 6.54 Å². The highest BCUT2D eigenvalue weighted by molar-refractivity contribution is 6.32. The Morgan fingerprint density at radius 1 is 1.24 bits per heavy atom. The van der Waals surface area contributed by atoms with E-state index < -0.39 is 4.92 Å². The standard InChI is InChI=1S/C15H15ClN2O3/c1-10-7-12(4-3-11(10)9-17-2)21-13-5-6-15(18(19)20)14(16)8-13/h3-8,17H,9H2,1-2H3.